The molecule has 142 valence electrons. The standard InChI is InChI=1S/C18H27ClN6O/c1-4-5-10-20-18(22-13-17-24-23-14(2)25(17)3)21-11-12-26-16-9-7-6-8-15(16)19/h6-9H,4-5,10-13H2,1-3H3,(H2,20,21,22). The number of aliphatic imine (C=N–C) groups is 1. The number of nitrogens with one attached hydrogen (secondary N) is 2. The number of hydrogen-bond acceptors (Lipinski definition) is 4. The van der Waals surface area contributed by atoms with Crippen LogP contribution in [0.2, 0.25) is 5.02 Å². The molecule has 7 nitrogen and oxygen atoms in total. The predicted molar refractivity (Wildman–Crippen MR) is 105 cm³/mol. The Kier molecular flexibility index (Phi) is 8.21. The zero-order valence-electron chi connectivity index (χ0n) is 15.6. The molecule has 0 aliphatic rings. The summed E-state index contributed by atoms with van der Waals surface area (Å²) in [4.78, 5) is 4.59. The number of halogens is 1. The molecule has 8 heteroatoms. The van der Waals surface area contributed by atoms with Crippen LogP contribution in [0.5, 0.6) is 5.75 Å². The fourth-order valence-electron chi connectivity index (χ4n) is 2.19. The zero-order chi connectivity index (χ0) is 18.8. The van der Waals surface area contributed by atoms with Crippen LogP contribution in [0.25, 0.3) is 0 Å². The molecule has 0 bridgehead atoms. The van der Waals surface area contributed by atoms with E-state index in [4.69, 9.17) is 16.3 Å². The molecule has 2 N–H and O–H groups in total. The van der Waals surface area contributed by atoms with Crippen LogP contribution >= 0.6 is 11.6 Å². The van der Waals surface area contributed by atoms with Gasteiger partial charge in [-0.2, -0.15) is 0 Å². The third-order valence-electron chi connectivity index (χ3n) is 3.87. The van der Waals surface area contributed by atoms with Crippen molar-refractivity contribution in [2.75, 3.05) is 19.7 Å². The van der Waals surface area contributed by atoms with E-state index in [-0.39, 0.29) is 0 Å². The number of aryl methyl sites for hydroxylation is 1. The average Bonchev–Trinajstić information content (AvgIpc) is 2.96. The first-order valence-electron chi connectivity index (χ1n) is 8.86. The van der Waals surface area contributed by atoms with E-state index in [1.54, 1.807) is 0 Å². The molecule has 0 saturated heterocycles. The van der Waals surface area contributed by atoms with Crippen LogP contribution < -0.4 is 15.4 Å². The Hall–Kier alpha value is -2.28. The van der Waals surface area contributed by atoms with Crippen molar-refractivity contribution in [2.45, 2.75) is 33.2 Å². The summed E-state index contributed by atoms with van der Waals surface area (Å²) in [6.07, 6.45) is 2.21. The van der Waals surface area contributed by atoms with E-state index in [0.29, 0.717) is 30.5 Å². The molecule has 2 rings (SSSR count). The second kappa shape index (κ2) is 10.7. The van der Waals surface area contributed by atoms with Crippen molar-refractivity contribution in [3.05, 3.63) is 40.9 Å². The van der Waals surface area contributed by atoms with Crippen LogP contribution in [0.15, 0.2) is 29.3 Å². The summed E-state index contributed by atoms with van der Waals surface area (Å²) in [5.74, 6) is 3.12. The van der Waals surface area contributed by atoms with Gasteiger partial charge >= 0.3 is 0 Å². The monoisotopic (exact) mass is 378 g/mol. The highest BCUT2D eigenvalue weighted by Crippen LogP contribution is 2.22. The number of benzene rings is 1. The summed E-state index contributed by atoms with van der Waals surface area (Å²) in [6.45, 7) is 6.51. The van der Waals surface area contributed by atoms with Crippen LogP contribution in [0.1, 0.15) is 31.4 Å². The zero-order valence-corrected chi connectivity index (χ0v) is 16.4. The van der Waals surface area contributed by atoms with Gasteiger partial charge in [0, 0.05) is 13.6 Å². The minimum Gasteiger partial charge on any atom is -0.490 e. The van der Waals surface area contributed by atoms with E-state index in [1.807, 2.05) is 42.8 Å². The molecule has 0 saturated carbocycles. The van der Waals surface area contributed by atoms with Gasteiger partial charge < -0.3 is 19.9 Å². The molecular weight excluding hydrogens is 352 g/mol. The van der Waals surface area contributed by atoms with Gasteiger partial charge in [-0.05, 0) is 25.5 Å². The van der Waals surface area contributed by atoms with Gasteiger partial charge in [-0.25, -0.2) is 4.99 Å². The van der Waals surface area contributed by atoms with Crippen molar-refractivity contribution in [3.8, 4) is 5.75 Å². The number of unbranched alkanes of at least 4 members (excludes halogenated alkanes) is 1. The molecule has 0 amide bonds. The Morgan fingerprint density at radius 2 is 2.00 bits per heavy atom. The Morgan fingerprint density at radius 3 is 2.69 bits per heavy atom. The van der Waals surface area contributed by atoms with Crippen molar-refractivity contribution in [2.24, 2.45) is 12.0 Å². The maximum Gasteiger partial charge on any atom is 0.191 e. The predicted octanol–water partition coefficient (Wildman–Crippen LogP) is 2.69. The molecule has 1 aromatic carbocycles. The topological polar surface area (TPSA) is 76.4 Å². The molecule has 0 aliphatic heterocycles. The first-order chi connectivity index (χ1) is 12.6. The number of aromatic nitrogens is 3. The minimum atomic E-state index is 0.462. The van der Waals surface area contributed by atoms with E-state index < -0.39 is 0 Å². The molecule has 0 aliphatic carbocycles. The van der Waals surface area contributed by atoms with E-state index in [0.717, 1.165) is 37.0 Å². The molecule has 1 aromatic heterocycles. The van der Waals surface area contributed by atoms with Crippen LogP contribution in [0.4, 0.5) is 0 Å². The molecule has 1 heterocycles. The van der Waals surface area contributed by atoms with Gasteiger partial charge in [0.25, 0.3) is 0 Å². The molecule has 0 fully saturated rings. The fourth-order valence-corrected chi connectivity index (χ4v) is 2.38. The van der Waals surface area contributed by atoms with Crippen LogP contribution in [0, 0.1) is 6.92 Å². The largest absolute Gasteiger partial charge is 0.490 e. The quantitative estimate of drug-likeness (QED) is 0.398. The molecule has 0 radical (unpaired) electrons. The highest BCUT2D eigenvalue weighted by Gasteiger charge is 2.05. The summed E-state index contributed by atoms with van der Waals surface area (Å²) in [5.41, 5.74) is 0. The molecule has 0 spiro atoms. The van der Waals surface area contributed by atoms with E-state index in [1.165, 1.54) is 0 Å². The first-order valence-corrected chi connectivity index (χ1v) is 9.24. The number of hydrogen-bond donors (Lipinski definition) is 2. The summed E-state index contributed by atoms with van der Waals surface area (Å²) in [7, 11) is 1.94. The van der Waals surface area contributed by atoms with Crippen molar-refractivity contribution >= 4 is 17.6 Å². The molecule has 26 heavy (non-hydrogen) atoms. The second-order valence-electron chi connectivity index (χ2n) is 5.87. The summed E-state index contributed by atoms with van der Waals surface area (Å²) >= 11 is 6.09. The Labute approximate surface area is 159 Å². The van der Waals surface area contributed by atoms with Gasteiger partial charge in [0.05, 0.1) is 11.6 Å². The Balaban J connectivity index is 1.86. The van der Waals surface area contributed by atoms with Crippen LogP contribution in [0.3, 0.4) is 0 Å². The summed E-state index contributed by atoms with van der Waals surface area (Å²) in [5, 5.41) is 15.4. The van der Waals surface area contributed by atoms with E-state index in [9.17, 15) is 0 Å². The maximum atomic E-state index is 6.09. The van der Waals surface area contributed by atoms with Crippen molar-refractivity contribution in [1.29, 1.82) is 0 Å². The summed E-state index contributed by atoms with van der Waals surface area (Å²) < 4.78 is 7.63. The lowest BCUT2D eigenvalue weighted by Gasteiger charge is -2.13. The van der Waals surface area contributed by atoms with Gasteiger partial charge in [-0.3, -0.25) is 0 Å². The first kappa shape index (κ1) is 20.0. The third kappa shape index (κ3) is 6.22. The number of rotatable bonds is 9. The van der Waals surface area contributed by atoms with Crippen molar-refractivity contribution in [1.82, 2.24) is 25.4 Å². The normalized spacial score (nSPS) is 11.5. The SMILES string of the molecule is CCCCNC(=NCc1nnc(C)n1C)NCCOc1ccccc1Cl. The van der Waals surface area contributed by atoms with Gasteiger partial charge in [-0.15, -0.1) is 10.2 Å². The van der Waals surface area contributed by atoms with Crippen molar-refractivity contribution in [3.63, 3.8) is 0 Å². The fraction of sp³-hybridized carbons (Fsp3) is 0.500. The maximum absolute atomic E-state index is 6.09. The number of guanidine groups is 1. The van der Waals surface area contributed by atoms with Crippen molar-refractivity contribution < 1.29 is 4.74 Å². The minimum absolute atomic E-state index is 0.462. The lowest BCUT2D eigenvalue weighted by Crippen LogP contribution is -2.40. The average molecular weight is 379 g/mol. The number of nitrogens with zero attached hydrogens (tertiary/aromatic N) is 4. The van der Waals surface area contributed by atoms with Crippen LogP contribution in [-0.2, 0) is 13.6 Å². The highest BCUT2D eigenvalue weighted by molar-refractivity contribution is 6.32. The van der Waals surface area contributed by atoms with Crippen LogP contribution in [-0.4, -0.2) is 40.4 Å². The molecule has 0 unspecified atom stereocenters. The van der Waals surface area contributed by atoms with Gasteiger partial charge in [0.2, 0.25) is 0 Å². The second-order valence-corrected chi connectivity index (χ2v) is 6.28. The molecule has 0 atom stereocenters. The smallest absolute Gasteiger partial charge is 0.191 e. The van der Waals surface area contributed by atoms with E-state index >= 15 is 0 Å². The molecular formula is C18H27ClN6O. The van der Waals surface area contributed by atoms with Gasteiger partial charge in [0.15, 0.2) is 11.8 Å². The Morgan fingerprint density at radius 1 is 1.23 bits per heavy atom. The third-order valence-corrected chi connectivity index (χ3v) is 4.19. The lowest BCUT2D eigenvalue weighted by atomic mass is 10.3. The number of ether oxygens (including phenoxy) is 1. The van der Waals surface area contributed by atoms with E-state index in [2.05, 4.69) is 32.7 Å². The highest BCUT2D eigenvalue weighted by atomic mass is 35.5. The summed E-state index contributed by atoms with van der Waals surface area (Å²) in [6, 6.07) is 7.44. The molecule has 2 aromatic rings. The van der Waals surface area contributed by atoms with Gasteiger partial charge in [0.1, 0.15) is 24.7 Å². The Bertz CT molecular complexity index is 715. The number of para-hydroxylation sites is 1. The van der Waals surface area contributed by atoms with Gasteiger partial charge in [-0.1, -0.05) is 37.1 Å². The lowest BCUT2D eigenvalue weighted by molar-refractivity contribution is 0.322.